The van der Waals surface area contributed by atoms with Crippen molar-refractivity contribution in [3.05, 3.63) is 78.1 Å². The fourth-order valence-electron chi connectivity index (χ4n) is 4.42. The van der Waals surface area contributed by atoms with Gasteiger partial charge in [0.05, 0.1) is 13.2 Å². The van der Waals surface area contributed by atoms with Gasteiger partial charge in [-0.25, -0.2) is 0 Å². The number of nitrogens with zero attached hydrogens (tertiary/aromatic N) is 2. The normalized spacial score (nSPS) is 17.1. The molecule has 0 atom stereocenters. The third kappa shape index (κ3) is 4.58. The van der Waals surface area contributed by atoms with Gasteiger partial charge < -0.3 is 15.4 Å². The summed E-state index contributed by atoms with van der Waals surface area (Å²) in [5.41, 5.74) is 4.39. The van der Waals surface area contributed by atoms with Crippen LogP contribution in [0.2, 0.25) is 0 Å². The molecule has 7 nitrogen and oxygen atoms in total. The van der Waals surface area contributed by atoms with Crippen LogP contribution in [0.5, 0.6) is 0 Å². The van der Waals surface area contributed by atoms with Gasteiger partial charge in [-0.1, -0.05) is 24.3 Å². The van der Waals surface area contributed by atoms with Crippen LogP contribution in [-0.4, -0.2) is 53.5 Å². The maximum atomic E-state index is 13.2. The monoisotopic (exact) mass is 456 g/mol. The van der Waals surface area contributed by atoms with Gasteiger partial charge in [0.2, 0.25) is 5.91 Å². The standard InChI is InChI=1S/C27H28N4O3/c1-19-4-5-21(17-24(19)30-26(33)27(10-11-27)31-13-15-34-16-14-31)25(32)29-23-8-6-20(7-9-23)22-3-2-12-28-18-22/h2-9,12,17-18H,10-11,13-16H2,1H3,(H,29,32)(H,30,33). The van der Waals surface area contributed by atoms with Gasteiger partial charge >= 0.3 is 0 Å². The van der Waals surface area contributed by atoms with E-state index in [9.17, 15) is 9.59 Å². The molecule has 1 aliphatic carbocycles. The molecular weight excluding hydrogens is 428 g/mol. The molecule has 2 aromatic carbocycles. The second-order valence-electron chi connectivity index (χ2n) is 8.89. The second-order valence-corrected chi connectivity index (χ2v) is 8.89. The van der Waals surface area contributed by atoms with Crippen molar-refractivity contribution in [2.24, 2.45) is 0 Å². The number of pyridine rings is 1. The van der Waals surface area contributed by atoms with Crippen molar-refractivity contribution in [1.82, 2.24) is 9.88 Å². The highest BCUT2D eigenvalue weighted by Crippen LogP contribution is 2.43. The van der Waals surface area contributed by atoms with Crippen molar-refractivity contribution in [1.29, 1.82) is 0 Å². The summed E-state index contributed by atoms with van der Waals surface area (Å²) >= 11 is 0. The Morgan fingerprint density at radius 3 is 2.41 bits per heavy atom. The number of aromatic nitrogens is 1. The molecular formula is C27H28N4O3. The molecule has 2 fully saturated rings. The third-order valence-electron chi connectivity index (χ3n) is 6.65. The molecule has 1 aliphatic heterocycles. The number of hydrogen-bond acceptors (Lipinski definition) is 5. The van der Waals surface area contributed by atoms with E-state index < -0.39 is 5.54 Å². The van der Waals surface area contributed by atoms with E-state index >= 15 is 0 Å². The summed E-state index contributed by atoms with van der Waals surface area (Å²) in [5, 5.41) is 6.03. The lowest BCUT2D eigenvalue weighted by Crippen LogP contribution is -2.51. The molecule has 0 bridgehead atoms. The molecule has 0 unspecified atom stereocenters. The number of benzene rings is 2. The molecule has 0 spiro atoms. The van der Waals surface area contributed by atoms with Crippen LogP contribution >= 0.6 is 0 Å². The first-order valence-corrected chi connectivity index (χ1v) is 11.6. The Hall–Kier alpha value is -3.55. The molecule has 7 heteroatoms. The van der Waals surface area contributed by atoms with E-state index in [0.717, 1.165) is 42.6 Å². The predicted molar refractivity (Wildman–Crippen MR) is 132 cm³/mol. The Kier molecular flexibility index (Phi) is 6.13. The van der Waals surface area contributed by atoms with Crippen molar-refractivity contribution in [2.45, 2.75) is 25.3 Å². The van der Waals surface area contributed by atoms with Gasteiger partial charge in [-0.05, 0) is 66.8 Å². The fourth-order valence-corrected chi connectivity index (χ4v) is 4.42. The number of ether oxygens (including phenoxy) is 1. The van der Waals surface area contributed by atoms with Gasteiger partial charge in [0.25, 0.3) is 5.91 Å². The molecule has 2 N–H and O–H groups in total. The second kappa shape index (κ2) is 9.37. The number of carbonyl (C=O) groups excluding carboxylic acids is 2. The van der Waals surface area contributed by atoms with E-state index in [1.165, 1.54) is 0 Å². The summed E-state index contributed by atoms with van der Waals surface area (Å²) in [7, 11) is 0. The largest absolute Gasteiger partial charge is 0.379 e. The van der Waals surface area contributed by atoms with Crippen LogP contribution in [0.1, 0.15) is 28.8 Å². The minimum Gasteiger partial charge on any atom is -0.379 e. The van der Waals surface area contributed by atoms with Crippen molar-refractivity contribution >= 4 is 23.2 Å². The minimum absolute atomic E-state index is 0.000971. The summed E-state index contributed by atoms with van der Waals surface area (Å²) in [6, 6.07) is 16.9. The van der Waals surface area contributed by atoms with E-state index in [4.69, 9.17) is 4.74 Å². The molecule has 174 valence electrons. The highest BCUT2D eigenvalue weighted by atomic mass is 16.5. The zero-order valence-electron chi connectivity index (χ0n) is 19.2. The average Bonchev–Trinajstić information content (AvgIpc) is 3.69. The number of rotatable bonds is 6. The molecule has 2 aliphatic rings. The fraction of sp³-hybridized carbons (Fsp3) is 0.296. The molecule has 34 heavy (non-hydrogen) atoms. The third-order valence-corrected chi connectivity index (χ3v) is 6.65. The van der Waals surface area contributed by atoms with Crippen molar-refractivity contribution < 1.29 is 14.3 Å². The van der Waals surface area contributed by atoms with E-state index in [0.29, 0.717) is 30.2 Å². The van der Waals surface area contributed by atoms with Crippen LogP contribution in [0.4, 0.5) is 11.4 Å². The minimum atomic E-state index is -0.440. The topological polar surface area (TPSA) is 83.6 Å². The summed E-state index contributed by atoms with van der Waals surface area (Å²) in [6.45, 7) is 4.80. The maximum Gasteiger partial charge on any atom is 0.255 e. The number of anilines is 2. The summed E-state index contributed by atoms with van der Waals surface area (Å²) in [5.74, 6) is -0.222. The Bertz CT molecular complexity index is 1180. The van der Waals surface area contributed by atoms with Gasteiger partial charge in [0, 0.05) is 42.4 Å². The summed E-state index contributed by atoms with van der Waals surface area (Å²) < 4.78 is 5.44. The lowest BCUT2D eigenvalue weighted by molar-refractivity contribution is -0.124. The number of amides is 2. The Labute approximate surface area is 199 Å². The lowest BCUT2D eigenvalue weighted by atomic mass is 10.1. The van der Waals surface area contributed by atoms with E-state index in [1.807, 2.05) is 49.4 Å². The van der Waals surface area contributed by atoms with Gasteiger partial charge in [-0.15, -0.1) is 0 Å². The molecule has 2 heterocycles. The van der Waals surface area contributed by atoms with Crippen LogP contribution in [0.25, 0.3) is 11.1 Å². The first-order chi connectivity index (χ1) is 16.5. The van der Waals surface area contributed by atoms with Crippen LogP contribution in [0.15, 0.2) is 67.0 Å². The first-order valence-electron chi connectivity index (χ1n) is 11.6. The van der Waals surface area contributed by atoms with Crippen LogP contribution < -0.4 is 10.6 Å². The average molecular weight is 457 g/mol. The van der Waals surface area contributed by atoms with Gasteiger partial charge in [0.15, 0.2) is 0 Å². The van der Waals surface area contributed by atoms with Crippen molar-refractivity contribution in [3.63, 3.8) is 0 Å². The molecule has 5 rings (SSSR count). The number of morpholine rings is 1. The quantitative estimate of drug-likeness (QED) is 0.583. The molecule has 1 aromatic heterocycles. The molecule has 1 saturated carbocycles. The Morgan fingerprint density at radius 2 is 1.74 bits per heavy atom. The SMILES string of the molecule is Cc1ccc(C(=O)Nc2ccc(-c3cccnc3)cc2)cc1NC(=O)C1(N2CCOCC2)CC1. The van der Waals surface area contributed by atoms with E-state index in [1.54, 1.807) is 24.5 Å². The molecule has 1 saturated heterocycles. The smallest absolute Gasteiger partial charge is 0.255 e. The number of nitrogens with one attached hydrogen (secondary N) is 2. The highest BCUT2D eigenvalue weighted by molar-refractivity contribution is 6.06. The zero-order chi connectivity index (χ0) is 23.5. The molecule has 3 aromatic rings. The number of carbonyl (C=O) groups is 2. The maximum absolute atomic E-state index is 13.2. The Balaban J connectivity index is 1.27. The van der Waals surface area contributed by atoms with Crippen LogP contribution in [-0.2, 0) is 9.53 Å². The van der Waals surface area contributed by atoms with Crippen LogP contribution in [0.3, 0.4) is 0 Å². The highest BCUT2D eigenvalue weighted by Gasteiger charge is 2.54. The van der Waals surface area contributed by atoms with Crippen molar-refractivity contribution in [3.8, 4) is 11.1 Å². The van der Waals surface area contributed by atoms with Crippen LogP contribution in [0, 0.1) is 6.92 Å². The van der Waals surface area contributed by atoms with Gasteiger partial charge in [-0.2, -0.15) is 0 Å². The van der Waals surface area contributed by atoms with Gasteiger partial charge in [-0.3, -0.25) is 19.5 Å². The zero-order valence-corrected chi connectivity index (χ0v) is 19.2. The van der Waals surface area contributed by atoms with Gasteiger partial charge in [0.1, 0.15) is 5.54 Å². The van der Waals surface area contributed by atoms with E-state index in [-0.39, 0.29) is 11.8 Å². The number of hydrogen-bond donors (Lipinski definition) is 2. The summed E-state index contributed by atoms with van der Waals surface area (Å²) in [6.07, 6.45) is 5.25. The molecule has 2 amide bonds. The predicted octanol–water partition coefficient (Wildman–Crippen LogP) is 4.11. The molecule has 0 radical (unpaired) electrons. The number of aryl methyl sites for hydroxylation is 1. The van der Waals surface area contributed by atoms with E-state index in [2.05, 4.69) is 20.5 Å². The lowest BCUT2D eigenvalue weighted by Gasteiger charge is -2.34. The van der Waals surface area contributed by atoms with Crippen molar-refractivity contribution in [2.75, 3.05) is 36.9 Å². The Morgan fingerprint density at radius 1 is 0.971 bits per heavy atom. The first kappa shape index (κ1) is 22.3. The summed E-state index contributed by atoms with van der Waals surface area (Å²) in [4.78, 5) is 32.5.